The molecule has 0 heterocycles. The van der Waals surface area contributed by atoms with Gasteiger partial charge in [0.05, 0.1) is 5.56 Å². The molecule has 9 heteroatoms. The van der Waals surface area contributed by atoms with Gasteiger partial charge in [-0.1, -0.05) is 6.07 Å². The van der Waals surface area contributed by atoms with Crippen molar-refractivity contribution in [3.8, 4) is 0 Å². The Morgan fingerprint density at radius 2 is 1.62 bits per heavy atom. The van der Waals surface area contributed by atoms with Crippen LogP contribution in [0.2, 0.25) is 0 Å². The van der Waals surface area contributed by atoms with Crippen LogP contribution in [0, 0.1) is 0 Å². The van der Waals surface area contributed by atoms with E-state index in [9.17, 15) is 22.8 Å². The molecular formula is C17H14F3N3O2S. The highest BCUT2D eigenvalue weighted by atomic mass is 32.1. The van der Waals surface area contributed by atoms with E-state index in [1.807, 2.05) is 0 Å². The van der Waals surface area contributed by atoms with Gasteiger partial charge in [0.2, 0.25) is 5.91 Å². The van der Waals surface area contributed by atoms with Crippen molar-refractivity contribution in [1.82, 2.24) is 5.32 Å². The van der Waals surface area contributed by atoms with Crippen molar-refractivity contribution < 1.29 is 22.8 Å². The van der Waals surface area contributed by atoms with Gasteiger partial charge in [-0.15, -0.1) is 0 Å². The van der Waals surface area contributed by atoms with Crippen molar-refractivity contribution in [1.29, 1.82) is 0 Å². The van der Waals surface area contributed by atoms with Crippen molar-refractivity contribution in [3.63, 3.8) is 0 Å². The van der Waals surface area contributed by atoms with Crippen molar-refractivity contribution in [3.05, 3.63) is 59.7 Å². The zero-order valence-corrected chi connectivity index (χ0v) is 14.3. The first-order valence-corrected chi connectivity index (χ1v) is 7.73. The molecule has 0 unspecified atom stereocenters. The molecule has 0 aromatic heterocycles. The number of carbonyl (C=O) groups is 2. The lowest BCUT2D eigenvalue weighted by Crippen LogP contribution is -2.32. The van der Waals surface area contributed by atoms with E-state index in [1.165, 1.54) is 31.2 Å². The lowest BCUT2D eigenvalue weighted by atomic mass is 10.1. The summed E-state index contributed by atoms with van der Waals surface area (Å²) in [6, 6.07) is 10.4. The minimum Gasteiger partial charge on any atom is -0.332 e. The average Bonchev–Trinajstić information content (AvgIpc) is 2.54. The number of hydrogen-bond acceptors (Lipinski definition) is 3. The number of rotatable bonds is 3. The van der Waals surface area contributed by atoms with E-state index < -0.39 is 17.6 Å². The molecule has 0 aliphatic carbocycles. The molecule has 136 valence electrons. The Hall–Kier alpha value is -2.94. The third-order valence-corrected chi connectivity index (χ3v) is 3.35. The highest BCUT2D eigenvalue weighted by Crippen LogP contribution is 2.30. The second kappa shape index (κ2) is 7.96. The van der Waals surface area contributed by atoms with Gasteiger partial charge in [-0.25, -0.2) is 0 Å². The largest absolute Gasteiger partial charge is 0.416 e. The summed E-state index contributed by atoms with van der Waals surface area (Å²) in [5.41, 5.74) is -0.0158. The molecule has 0 aliphatic heterocycles. The third-order valence-electron chi connectivity index (χ3n) is 3.14. The predicted molar refractivity (Wildman–Crippen MR) is 95.9 cm³/mol. The van der Waals surface area contributed by atoms with Crippen LogP contribution in [-0.4, -0.2) is 16.9 Å². The molecule has 0 radical (unpaired) electrons. The first-order chi connectivity index (χ1) is 12.1. The summed E-state index contributed by atoms with van der Waals surface area (Å²) in [6.07, 6.45) is -4.49. The molecule has 0 atom stereocenters. The number of benzene rings is 2. The second-order valence-corrected chi connectivity index (χ2v) is 5.65. The van der Waals surface area contributed by atoms with Crippen molar-refractivity contribution in [2.75, 3.05) is 10.6 Å². The summed E-state index contributed by atoms with van der Waals surface area (Å²) in [4.78, 5) is 23.0. The second-order valence-electron chi connectivity index (χ2n) is 5.25. The van der Waals surface area contributed by atoms with E-state index >= 15 is 0 Å². The van der Waals surface area contributed by atoms with Crippen LogP contribution in [0.5, 0.6) is 0 Å². The normalized spacial score (nSPS) is 10.8. The molecule has 2 amide bonds. The van der Waals surface area contributed by atoms with Crippen molar-refractivity contribution in [2.45, 2.75) is 13.1 Å². The maximum atomic E-state index is 12.7. The summed E-state index contributed by atoms with van der Waals surface area (Å²) in [7, 11) is 0. The van der Waals surface area contributed by atoms with Crippen LogP contribution in [0.15, 0.2) is 48.5 Å². The van der Waals surface area contributed by atoms with E-state index in [2.05, 4.69) is 16.0 Å². The summed E-state index contributed by atoms with van der Waals surface area (Å²) < 4.78 is 38.1. The topological polar surface area (TPSA) is 70.2 Å². The van der Waals surface area contributed by atoms with Crippen molar-refractivity contribution >= 4 is 40.5 Å². The first-order valence-electron chi connectivity index (χ1n) is 7.32. The van der Waals surface area contributed by atoms with Crippen LogP contribution in [-0.2, 0) is 11.0 Å². The van der Waals surface area contributed by atoms with Gasteiger partial charge in [0.15, 0.2) is 5.11 Å². The number of alkyl halides is 3. The van der Waals surface area contributed by atoms with Crippen LogP contribution >= 0.6 is 12.2 Å². The van der Waals surface area contributed by atoms with Gasteiger partial charge in [-0.2, -0.15) is 13.2 Å². The number of amides is 2. The highest BCUT2D eigenvalue weighted by Gasteiger charge is 2.30. The van der Waals surface area contributed by atoms with Crippen LogP contribution < -0.4 is 16.0 Å². The Balaban J connectivity index is 2.04. The number of hydrogen-bond donors (Lipinski definition) is 3. The maximum Gasteiger partial charge on any atom is 0.416 e. The third kappa shape index (κ3) is 5.55. The monoisotopic (exact) mass is 381 g/mol. The number of carbonyl (C=O) groups excluding carboxylic acids is 2. The minimum atomic E-state index is -4.49. The molecular weight excluding hydrogens is 367 g/mol. The summed E-state index contributed by atoms with van der Waals surface area (Å²) in [5.74, 6) is -0.875. The smallest absolute Gasteiger partial charge is 0.332 e. The van der Waals surface area contributed by atoms with E-state index in [0.717, 1.165) is 12.1 Å². The molecule has 0 fully saturated rings. The molecule has 5 nitrogen and oxygen atoms in total. The van der Waals surface area contributed by atoms with Crippen molar-refractivity contribution in [2.24, 2.45) is 0 Å². The molecule has 0 bridgehead atoms. The van der Waals surface area contributed by atoms with E-state index in [-0.39, 0.29) is 22.3 Å². The molecule has 2 aromatic carbocycles. The molecule has 26 heavy (non-hydrogen) atoms. The number of anilines is 2. The average molecular weight is 381 g/mol. The van der Waals surface area contributed by atoms with Gasteiger partial charge in [-0.05, 0) is 54.7 Å². The standard InChI is InChI=1S/C17H14F3N3O2S/c1-10(24)21-16(26)23-13-7-5-11(6-8-13)15(25)22-14-4-2-3-12(9-14)17(18,19)20/h2-9H,1H3,(H,22,25)(H2,21,23,24,26). The van der Waals surface area contributed by atoms with Crippen LogP contribution in [0.4, 0.5) is 24.5 Å². The first kappa shape index (κ1) is 19.4. The molecule has 0 spiro atoms. The minimum absolute atomic E-state index is 0.0406. The Morgan fingerprint density at radius 3 is 2.19 bits per heavy atom. The Labute approximate surface area is 152 Å². The van der Waals surface area contributed by atoms with Crippen LogP contribution in [0.25, 0.3) is 0 Å². The Kier molecular flexibility index (Phi) is 5.93. The summed E-state index contributed by atoms with van der Waals surface area (Å²) in [5, 5.41) is 7.67. The Bertz CT molecular complexity index is 836. The summed E-state index contributed by atoms with van der Waals surface area (Å²) >= 11 is 4.91. The van der Waals surface area contributed by atoms with Gasteiger partial charge in [0.1, 0.15) is 0 Å². The SMILES string of the molecule is CC(=O)NC(=S)Nc1ccc(C(=O)Nc2cccc(C(F)(F)F)c2)cc1. The number of nitrogens with one attached hydrogen (secondary N) is 3. The van der Waals surface area contributed by atoms with E-state index in [4.69, 9.17) is 12.2 Å². The lowest BCUT2D eigenvalue weighted by Gasteiger charge is -2.11. The molecule has 0 aliphatic rings. The summed E-state index contributed by atoms with van der Waals surface area (Å²) in [6.45, 7) is 1.31. The van der Waals surface area contributed by atoms with Crippen LogP contribution in [0.3, 0.4) is 0 Å². The quantitative estimate of drug-likeness (QED) is 0.708. The number of halogens is 3. The van der Waals surface area contributed by atoms with Gasteiger partial charge in [-0.3, -0.25) is 9.59 Å². The highest BCUT2D eigenvalue weighted by molar-refractivity contribution is 7.80. The lowest BCUT2D eigenvalue weighted by molar-refractivity contribution is -0.137. The van der Waals surface area contributed by atoms with E-state index in [0.29, 0.717) is 5.69 Å². The molecule has 2 aromatic rings. The van der Waals surface area contributed by atoms with Crippen LogP contribution in [0.1, 0.15) is 22.8 Å². The molecule has 3 N–H and O–H groups in total. The van der Waals surface area contributed by atoms with E-state index in [1.54, 1.807) is 12.1 Å². The number of thiocarbonyl (C=S) groups is 1. The van der Waals surface area contributed by atoms with Gasteiger partial charge >= 0.3 is 6.18 Å². The van der Waals surface area contributed by atoms with Gasteiger partial charge < -0.3 is 16.0 Å². The maximum absolute atomic E-state index is 12.7. The predicted octanol–water partition coefficient (Wildman–Crippen LogP) is 3.79. The zero-order chi connectivity index (χ0) is 19.3. The fraction of sp³-hybridized carbons (Fsp3) is 0.118. The zero-order valence-electron chi connectivity index (χ0n) is 13.5. The van der Waals surface area contributed by atoms with Gasteiger partial charge in [0, 0.05) is 23.9 Å². The fourth-order valence-corrected chi connectivity index (χ4v) is 2.27. The molecule has 0 saturated carbocycles. The van der Waals surface area contributed by atoms with Gasteiger partial charge in [0.25, 0.3) is 5.91 Å². The Morgan fingerprint density at radius 1 is 0.962 bits per heavy atom. The molecule has 2 rings (SSSR count). The fourth-order valence-electron chi connectivity index (χ4n) is 2.00. The molecule has 0 saturated heterocycles.